The third-order valence-corrected chi connectivity index (χ3v) is 4.90. The van der Waals surface area contributed by atoms with Gasteiger partial charge in [0.25, 0.3) is 0 Å². The van der Waals surface area contributed by atoms with E-state index in [1.165, 1.54) is 19.4 Å². The molecule has 2 aliphatic heterocycles. The van der Waals surface area contributed by atoms with Crippen LogP contribution in [-0.2, 0) is 4.79 Å². The zero-order valence-electron chi connectivity index (χ0n) is 12.5. The molecule has 6 nitrogen and oxygen atoms in total. The summed E-state index contributed by atoms with van der Waals surface area (Å²) >= 11 is 0. The summed E-state index contributed by atoms with van der Waals surface area (Å²) in [6.07, 6.45) is 4.21. The van der Waals surface area contributed by atoms with E-state index in [1.807, 2.05) is 4.90 Å². The Labute approximate surface area is 125 Å². The summed E-state index contributed by atoms with van der Waals surface area (Å²) in [5.74, 6) is -0.272. The SMILES string of the molecule is O=C(O)[C@H]1CCCN(C(=O)N2CCN(CC3CC3)CC2)C1. The summed E-state index contributed by atoms with van der Waals surface area (Å²) in [6.45, 7) is 5.73. The number of hydrogen-bond acceptors (Lipinski definition) is 3. The summed E-state index contributed by atoms with van der Waals surface area (Å²) in [5, 5.41) is 9.11. The smallest absolute Gasteiger partial charge is 0.320 e. The van der Waals surface area contributed by atoms with E-state index >= 15 is 0 Å². The second-order valence-electron chi connectivity index (χ2n) is 6.64. The maximum atomic E-state index is 12.5. The van der Waals surface area contributed by atoms with Gasteiger partial charge in [0.2, 0.25) is 0 Å². The van der Waals surface area contributed by atoms with Crippen LogP contribution < -0.4 is 0 Å². The number of piperidine rings is 1. The lowest BCUT2D eigenvalue weighted by Crippen LogP contribution is -2.55. The number of carboxylic acids is 1. The van der Waals surface area contributed by atoms with Gasteiger partial charge in [0.15, 0.2) is 0 Å². The highest BCUT2D eigenvalue weighted by Gasteiger charge is 2.32. The number of rotatable bonds is 3. The van der Waals surface area contributed by atoms with Crippen molar-refractivity contribution in [3.8, 4) is 0 Å². The monoisotopic (exact) mass is 295 g/mol. The molecule has 0 spiro atoms. The Morgan fingerprint density at radius 3 is 2.29 bits per heavy atom. The van der Waals surface area contributed by atoms with Crippen LogP contribution in [0.2, 0.25) is 0 Å². The van der Waals surface area contributed by atoms with Crippen LogP contribution in [0.1, 0.15) is 25.7 Å². The van der Waals surface area contributed by atoms with Crippen LogP contribution in [0.3, 0.4) is 0 Å². The Morgan fingerprint density at radius 2 is 1.67 bits per heavy atom. The Kier molecular flexibility index (Phi) is 4.33. The molecule has 0 aromatic heterocycles. The van der Waals surface area contributed by atoms with Gasteiger partial charge in [-0.15, -0.1) is 0 Å². The van der Waals surface area contributed by atoms with E-state index in [9.17, 15) is 9.59 Å². The lowest BCUT2D eigenvalue weighted by atomic mass is 9.98. The number of likely N-dealkylation sites (tertiary alicyclic amines) is 1. The number of carbonyl (C=O) groups is 2. The number of piperazine rings is 1. The average molecular weight is 295 g/mol. The van der Waals surface area contributed by atoms with Gasteiger partial charge in [-0.25, -0.2) is 4.79 Å². The quantitative estimate of drug-likeness (QED) is 0.841. The van der Waals surface area contributed by atoms with Crippen molar-refractivity contribution in [1.82, 2.24) is 14.7 Å². The first-order chi connectivity index (χ1) is 10.1. The molecule has 0 bridgehead atoms. The first-order valence-corrected chi connectivity index (χ1v) is 8.12. The van der Waals surface area contributed by atoms with Crippen LogP contribution in [0, 0.1) is 11.8 Å². The van der Waals surface area contributed by atoms with Crippen molar-refractivity contribution in [2.45, 2.75) is 25.7 Å². The normalized spacial score (nSPS) is 27.7. The summed E-state index contributed by atoms with van der Waals surface area (Å²) < 4.78 is 0. The molecule has 2 amide bonds. The molecule has 3 rings (SSSR count). The minimum Gasteiger partial charge on any atom is -0.481 e. The fourth-order valence-electron chi connectivity index (χ4n) is 3.34. The predicted molar refractivity (Wildman–Crippen MR) is 78.1 cm³/mol. The predicted octanol–water partition coefficient (Wildman–Crippen LogP) is 0.931. The van der Waals surface area contributed by atoms with Crippen LogP contribution in [0.5, 0.6) is 0 Å². The van der Waals surface area contributed by atoms with Gasteiger partial charge in [-0.05, 0) is 31.6 Å². The highest BCUT2D eigenvalue weighted by Crippen LogP contribution is 2.30. The molecular formula is C15H25N3O3. The van der Waals surface area contributed by atoms with Crippen LogP contribution in [0.4, 0.5) is 4.79 Å². The molecule has 21 heavy (non-hydrogen) atoms. The minimum absolute atomic E-state index is 0.0343. The van der Waals surface area contributed by atoms with E-state index in [0.717, 1.165) is 38.5 Å². The van der Waals surface area contributed by atoms with Crippen LogP contribution in [-0.4, -0.2) is 77.6 Å². The first-order valence-electron chi connectivity index (χ1n) is 8.12. The van der Waals surface area contributed by atoms with Gasteiger partial charge < -0.3 is 14.9 Å². The molecule has 118 valence electrons. The topological polar surface area (TPSA) is 64.1 Å². The summed E-state index contributed by atoms with van der Waals surface area (Å²) in [6, 6.07) is 0.0343. The van der Waals surface area contributed by atoms with E-state index in [2.05, 4.69) is 4.90 Å². The van der Waals surface area contributed by atoms with Crippen LogP contribution in [0.15, 0.2) is 0 Å². The second-order valence-corrected chi connectivity index (χ2v) is 6.64. The number of hydrogen-bond donors (Lipinski definition) is 1. The van der Waals surface area contributed by atoms with E-state index < -0.39 is 5.97 Å². The Balaban J connectivity index is 1.47. The Morgan fingerprint density at radius 1 is 0.952 bits per heavy atom. The molecule has 1 saturated carbocycles. The number of amides is 2. The number of urea groups is 1. The highest BCUT2D eigenvalue weighted by atomic mass is 16.4. The number of carboxylic acid groups (broad SMARTS) is 1. The zero-order chi connectivity index (χ0) is 14.8. The first kappa shape index (κ1) is 14.6. The van der Waals surface area contributed by atoms with E-state index in [4.69, 9.17) is 5.11 Å². The summed E-state index contributed by atoms with van der Waals surface area (Å²) in [7, 11) is 0. The van der Waals surface area contributed by atoms with Gasteiger partial charge in [0.1, 0.15) is 0 Å². The molecule has 0 aromatic rings. The Hall–Kier alpha value is -1.30. The number of nitrogens with zero attached hydrogens (tertiary/aromatic N) is 3. The Bertz CT molecular complexity index is 403. The molecule has 2 saturated heterocycles. The van der Waals surface area contributed by atoms with E-state index in [-0.39, 0.29) is 11.9 Å². The molecule has 0 aromatic carbocycles. The molecule has 1 aliphatic carbocycles. The van der Waals surface area contributed by atoms with Gasteiger partial charge in [-0.2, -0.15) is 0 Å². The lowest BCUT2D eigenvalue weighted by Gasteiger charge is -2.39. The third kappa shape index (κ3) is 3.67. The van der Waals surface area contributed by atoms with Crippen LogP contribution >= 0.6 is 0 Å². The maximum absolute atomic E-state index is 12.5. The van der Waals surface area contributed by atoms with Crippen LogP contribution in [0.25, 0.3) is 0 Å². The van der Waals surface area contributed by atoms with Crippen molar-refractivity contribution in [3.63, 3.8) is 0 Å². The van der Waals surface area contributed by atoms with Gasteiger partial charge >= 0.3 is 12.0 Å². The third-order valence-electron chi connectivity index (χ3n) is 4.90. The van der Waals surface area contributed by atoms with Gasteiger partial charge in [0, 0.05) is 45.8 Å². The van der Waals surface area contributed by atoms with E-state index in [0.29, 0.717) is 19.5 Å². The molecule has 1 atom stereocenters. The molecule has 3 aliphatic rings. The van der Waals surface area contributed by atoms with Crippen molar-refractivity contribution in [2.75, 3.05) is 45.8 Å². The largest absolute Gasteiger partial charge is 0.481 e. The van der Waals surface area contributed by atoms with Crippen molar-refractivity contribution >= 4 is 12.0 Å². The molecular weight excluding hydrogens is 270 g/mol. The van der Waals surface area contributed by atoms with Gasteiger partial charge in [0.05, 0.1) is 5.92 Å². The standard InChI is InChI=1S/C15H25N3O3/c19-14(20)13-2-1-5-18(11-13)15(21)17-8-6-16(7-9-17)10-12-3-4-12/h12-13H,1-11H2,(H,19,20)/t13-/m0/s1. The van der Waals surface area contributed by atoms with E-state index in [1.54, 1.807) is 4.90 Å². The number of carbonyl (C=O) groups excluding carboxylic acids is 1. The van der Waals surface area contributed by atoms with Crippen molar-refractivity contribution in [2.24, 2.45) is 11.8 Å². The molecule has 2 heterocycles. The summed E-state index contributed by atoms with van der Waals surface area (Å²) in [5.41, 5.74) is 0. The zero-order valence-corrected chi connectivity index (χ0v) is 12.5. The van der Waals surface area contributed by atoms with Crippen molar-refractivity contribution in [3.05, 3.63) is 0 Å². The number of aliphatic carboxylic acids is 1. The summed E-state index contributed by atoms with van der Waals surface area (Å²) in [4.78, 5) is 29.7. The second kappa shape index (κ2) is 6.22. The molecule has 6 heteroatoms. The molecule has 0 radical (unpaired) electrons. The van der Waals surface area contributed by atoms with Crippen molar-refractivity contribution < 1.29 is 14.7 Å². The van der Waals surface area contributed by atoms with Gasteiger partial charge in [-0.3, -0.25) is 9.69 Å². The highest BCUT2D eigenvalue weighted by molar-refractivity contribution is 5.76. The maximum Gasteiger partial charge on any atom is 0.320 e. The molecule has 3 fully saturated rings. The molecule has 0 unspecified atom stereocenters. The average Bonchev–Trinajstić information content (AvgIpc) is 3.31. The minimum atomic E-state index is -0.776. The fourth-order valence-corrected chi connectivity index (χ4v) is 3.34. The fraction of sp³-hybridized carbons (Fsp3) is 0.867. The van der Waals surface area contributed by atoms with Gasteiger partial charge in [-0.1, -0.05) is 0 Å². The molecule has 1 N–H and O–H groups in total. The lowest BCUT2D eigenvalue weighted by molar-refractivity contribution is -0.143. The van der Waals surface area contributed by atoms with Crippen molar-refractivity contribution in [1.29, 1.82) is 0 Å².